The molecule has 0 spiro atoms. The van der Waals surface area contributed by atoms with Gasteiger partial charge in [-0.1, -0.05) is 147 Å². The van der Waals surface area contributed by atoms with Crippen molar-refractivity contribution in [3.8, 4) is 33.4 Å². The summed E-state index contributed by atoms with van der Waals surface area (Å²) in [5, 5.41) is 4.95. The fourth-order valence-electron chi connectivity index (χ4n) is 13.5. The van der Waals surface area contributed by atoms with Gasteiger partial charge in [-0.05, 0) is 153 Å². The second-order valence-electron chi connectivity index (χ2n) is 19.5. The van der Waals surface area contributed by atoms with Crippen LogP contribution >= 0.6 is 0 Å². The maximum Gasteiger partial charge on any atom is 0.139 e. The molecule has 61 heavy (non-hydrogen) atoms. The molecule has 0 N–H and O–H groups in total. The van der Waals surface area contributed by atoms with Crippen LogP contribution in [0.15, 0.2) is 174 Å². The molecule has 0 radical (unpaired) electrons. The zero-order valence-electron chi connectivity index (χ0n) is 35.0. The minimum Gasteiger partial charge on any atom is -0.456 e. The number of rotatable bonds is 6. The smallest absolute Gasteiger partial charge is 0.139 e. The van der Waals surface area contributed by atoms with E-state index < -0.39 is 0 Å². The van der Waals surface area contributed by atoms with Crippen molar-refractivity contribution in [2.75, 3.05) is 4.90 Å². The Balaban J connectivity index is 1.02. The van der Waals surface area contributed by atoms with E-state index in [1.165, 1.54) is 116 Å². The van der Waals surface area contributed by atoms with Gasteiger partial charge in [-0.15, -0.1) is 0 Å². The number of benzene rings is 8. The van der Waals surface area contributed by atoms with Crippen LogP contribution in [0.1, 0.15) is 69.1 Å². The lowest BCUT2D eigenvalue weighted by Crippen LogP contribution is -2.48. The van der Waals surface area contributed by atoms with E-state index >= 15 is 0 Å². The van der Waals surface area contributed by atoms with E-state index in [9.17, 15) is 0 Å². The molecule has 14 rings (SSSR count). The first kappa shape index (κ1) is 35.4. The standard InChI is InChI=1S/C59H49NO/c1-58(2)51-24-7-6-19-47(51)48-22-12-26-53(56(48)58)60(43-18-8-17-42(32-43)46-21-10-16-41-15-9-20-45(55(41)46)40-13-4-3-5-14-40)44-27-28-54-50(33-44)49-23-11-25-52(57(49)61-54)59-34-37-29-38(35-59)31-39(30-37)36-59/h3-28,32-33,37-39H,29-31,34-36H2,1-2H3. The third kappa shape index (κ3) is 5.27. The number of hydrogen-bond acceptors (Lipinski definition) is 2. The number of furan rings is 1. The second kappa shape index (κ2) is 13.1. The molecule has 0 saturated heterocycles. The molecule has 296 valence electrons. The Bertz CT molecular complexity index is 3180. The molecule has 5 aliphatic carbocycles. The van der Waals surface area contributed by atoms with Crippen LogP contribution in [-0.2, 0) is 10.8 Å². The summed E-state index contributed by atoms with van der Waals surface area (Å²) in [6.45, 7) is 4.80. The van der Waals surface area contributed by atoms with Crippen LogP contribution in [0.2, 0.25) is 0 Å². The lowest BCUT2D eigenvalue weighted by Gasteiger charge is -2.57. The molecule has 0 unspecified atom stereocenters. The van der Waals surface area contributed by atoms with E-state index in [0.717, 1.165) is 40.3 Å². The molecular weight excluding hydrogens is 739 g/mol. The molecule has 5 aliphatic rings. The molecule has 0 aliphatic heterocycles. The minimum absolute atomic E-state index is 0.197. The summed E-state index contributed by atoms with van der Waals surface area (Å²) in [6, 6.07) is 63.4. The third-order valence-electron chi connectivity index (χ3n) is 15.6. The first-order valence-corrected chi connectivity index (χ1v) is 22.6. The highest BCUT2D eigenvalue weighted by Crippen LogP contribution is 2.62. The topological polar surface area (TPSA) is 16.4 Å². The molecule has 4 fully saturated rings. The predicted molar refractivity (Wildman–Crippen MR) is 254 cm³/mol. The Morgan fingerprint density at radius 1 is 0.492 bits per heavy atom. The average molecular weight is 788 g/mol. The van der Waals surface area contributed by atoms with Crippen molar-refractivity contribution in [1.29, 1.82) is 0 Å². The molecule has 2 nitrogen and oxygen atoms in total. The molecular formula is C59H49NO. The maximum atomic E-state index is 7.02. The summed E-state index contributed by atoms with van der Waals surface area (Å²) < 4.78 is 7.02. The Morgan fingerprint density at radius 3 is 1.89 bits per heavy atom. The number of fused-ring (bicyclic) bond motifs is 7. The Labute approximate surface area is 358 Å². The van der Waals surface area contributed by atoms with Gasteiger partial charge in [0.1, 0.15) is 11.2 Å². The van der Waals surface area contributed by atoms with Crippen LogP contribution in [0.3, 0.4) is 0 Å². The zero-order chi connectivity index (χ0) is 40.5. The van der Waals surface area contributed by atoms with Gasteiger partial charge in [0.25, 0.3) is 0 Å². The monoisotopic (exact) mass is 787 g/mol. The van der Waals surface area contributed by atoms with Crippen LogP contribution in [0, 0.1) is 17.8 Å². The molecule has 9 aromatic rings. The molecule has 1 aromatic heterocycles. The summed E-state index contributed by atoms with van der Waals surface area (Å²) in [5.41, 5.74) is 17.4. The van der Waals surface area contributed by atoms with Crippen LogP contribution in [0.4, 0.5) is 17.1 Å². The highest BCUT2D eigenvalue weighted by Gasteiger charge is 2.52. The largest absolute Gasteiger partial charge is 0.456 e. The van der Waals surface area contributed by atoms with Crippen LogP contribution in [0.5, 0.6) is 0 Å². The number of nitrogens with zero attached hydrogens (tertiary/aromatic N) is 1. The van der Waals surface area contributed by atoms with Crippen molar-refractivity contribution >= 4 is 49.8 Å². The van der Waals surface area contributed by atoms with Crippen molar-refractivity contribution in [2.45, 2.75) is 63.2 Å². The van der Waals surface area contributed by atoms with Gasteiger partial charge in [-0.3, -0.25) is 0 Å². The molecule has 0 amide bonds. The SMILES string of the molecule is CC1(C)c2ccccc2-c2cccc(N(c3cccc(-c4cccc5cccc(-c6ccccc6)c45)c3)c3ccc4oc5c(C67CC8CC(CC(C8)C6)C7)cccc5c4c3)c21. The molecule has 4 bridgehead atoms. The quantitative estimate of drug-likeness (QED) is 0.167. The van der Waals surface area contributed by atoms with Crippen molar-refractivity contribution in [2.24, 2.45) is 17.8 Å². The summed E-state index contributed by atoms with van der Waals surface area (Å²) in [7, 11) is 0. The molecule has 0 atom stereocenters. The van der Waals surface area contributed by atoms with Crippen molar-refractivity contribution in [3.05, 3.63) is 187 Å². The average Bonchev–Trinajstić information content (AvgIpc) is 3.78. The summed E-state index contributed by atoms with van der Waals surface area (Å²) in [5.74, 6) is 2.64. The van der Waals surface area contributed by atoms with Crippen LogP contribution in [0.25, 0.3) is 66.1 Å². The van der Waals surface area contributed by atoms with E-state index in [1.54, 1.807) is 0 Å². The van der Waals surface area contributed by atoms with Gasteiger partial charge >= 0.3 is 0 Å². The second-order valence-corrected chi connectivity index (χ2v) is 19.5. The van der Waals surface area contributed by atoms with Crippen molar-refractivity contribution in [1.82, 2.24) is 0 Å². The summed E-state index contributed by atoms with van der Waals surface area (Å²) in [6.07, 6.45) is 8.29. The lowest BCUT2D eigenvalue weighted by atomic mass is 9.48. The number of anilines is 3. The van der Waals surface area contributed by atoms with Gasteiger partial charge in [0.05, 0.1) is 5.69 Å². The lowest BCUT2D eigenvalue weighted by molar-refractivity contribution is -0.00485. The zero-order valence-corrected chi connectivity index (χ0v) is 35.0. The van der Waals surface area contributed by atoms with Gasteiger partial charge in [-0.25, -0.2) is 0 Å². The van der Waals surface area contributed by atoms with Crippen molar-refractivity contribution in [3.63, 3.8) is 0 Å². The highest BCUT2D eigenvalue weighted by atomic mass is 16.3. The van der Waals surface area contributed by atoms with E-state index in [-0.39, 0.29) is 10.8 Å². The normalized spacial score (nSPS) is 21.9. The molecule has 8 aromatic carbocycles. The van der Waals surface area contributed by atoms with Gasteiger partial charge in [0.15, 0.2) is 0 Å². The molecule has 1 heterocycles. The first-order chi connectivity index (χ1) is 29.9. The van der Waals surface area contributed by atoms with Crippen LogP contribution < -0.4 is 4.90 Å². The first-order valence-electron chi connectivity index (χ1n) is 22.6. The minimum atomic E-state index is -0.197. The third-order valence-corrected chi connectivity index (χ3v) is 15.6. The Kier molecular flexibility index (Phi) is 7.58. The Hall–Kier alpha value is -6.38. The van der Waals surface area contributed by atoms with Crippen molar-refractivity contribution < 1.29 is 4.42 Å². The van der Waals surface area contributed by atoms with Gasteiger partial charge in [0.2, 0.25) is 0 Å². The highest BCUT2D eigenvalue weighted by molar-refractivity contribution is 6.09. The fourth-order valence-corrected chi connectivity index (χ4v) is 13.5. The number of para-hydroxylation sites is 1. The summed E-state index contributed by atoms with van der Waals surface area (Å²) in [4.78, 5) is 2.53. The summed E-state index contributed by atoms with van der Waals surface area (Å²) >= 11 is 0. The number of hydrogen-bond donors (Lipinski definition) is 0. The van der Waals surface area contributed by atoms with E-state index in [1.807, 2.05) is 0 Å². The van der Waals surface area contributed by atoms with Gasteiger partial charge in [-0.2, -0.15) is 0 Å². The van der Waals surface area contributed by atoms with E-state index in [4.69, 9.17) is 4.42 Å². The predicted octanol–water partition coefficient (Wildman–Crippen LogP) is 16.3. The van der Waals surface area contributed by atoms with Gasteiger partial charge in [0, 0.05) is 33.1 Å². The van der Waals surface area contributed by atoms with E-state index in [2.05, 4.69) is 189 Å². The Morgan fingerprint density at radius 2 is 1.10 bits per heavy atom. The van der Waals surface area contributed by atoms with Crippen LogP contribution in [-0.4, -0.2) is 0 Å². The molecule has 2 heteroatoms. The van der Waals surface area contributed by atoms with E-state index in [0.29, 0.717) is 0 Å². The fraction of sp³-hybridized carbons (Fsp3) is 0.220. The maximum absolute atomic E-state index is 7.02. The molecule has 4 saturated carbocycles. The van der Waals surface area contributed by atoms with Gasteiger partial charge < -0.3 is 9.32 Å².